The van der Waals surface area contributed by atoms with Gasteiger partial charge < -0.3 is 4.90 Å². The van der Waals surface area contributed by atoms with Crippen molar-refractivity contribution in [3.05, 3.63) is 80.7 Å². The summed E-state index contributed by atoms with van der Waals surface area (Å²) in [4.78, 5) is 17.4. The number of anilines is 1. The second-order valence-corrected chi connectivity index (χ2v) is 8.11. The van der Waals surface area contributed by atoms with E-state index in [-0.39, 0.29) is 5.56 Å². The van der Waals surface area contributed by atoms with Gasteiger partial charge in [-0.1, -0.05) is 35.9 Å². The van der Waals surface area contributed by atoms with Crippen molar-refractivity contribution in [2.24, 2.45) is 0 Å². The van der Waals surface area contributed by atoms with Crippen LogP contribution in [0.15, 0.2) is 53.3 Å². The van der Waals surface area contributed by atoms with Crippen LogP contribution in [-0.4, -0.2) is 47.4 Å². The van der Waals surface area contributed by atoms with Gasteiger partial charge in [-0.25, -0.2) is 4.68 Å². The van der Waals surface area contributed by atoms with Gasteiger partial charge in [0.15, 0.2) is 0 Å². The zero-order valence-electron chi connectivity index (χ0n) is 17.0. The first-order chi connectivity index (χ1) is 14.0. The van der Waals surface area contributed by atoms with Gasteiger partial charge in [0.2, 0.25) is 0 Å². The van der Waals surface area contributed by atoms with Gasteiger partial charge in [-0.05, 0) is 49.2 Å². The van der Waals surface area contributed by atoms with Gasteiger partial charge in [-0.2, -0.15) is 0 Å². The lowest BCUT2D eigenvalue weighted by Gasteiger charge is -2.36. The van der Waals surface area contributed by atoms with Crippen LogP contribution in [0.3, 0.4) is 0 Å². The van der Waals surface area contributed by atoms with Crippen molar-refractivity contribution in [2.45, 2.75) is 20.3 Å². The molecule has 0 spiro atoms. The predicted molar refractivity (Wildman–Crippen MR) is 120 cm³/mol. The zero-order chi connectivity index (χ0) is 20.4. The van der Waals surface area contributed by atoms with E-state index in [1.54, 1.807) is 0 Å². The molecular weight excluding hydrogens is 384 g/mol. The van der Waals surface area contributed by atoms with Gasteiger partial charge >= 0.3 is 0 Å². The van der Waals surface area contributed by atoms with E-state index in [1.807, 2.05) is 30.3 Å². The number of benzene rings is 2. The Balaban J connectivity index is 1.36. The number of rotatable bonds is 5. The van der Waals surface area contributed by atoms with Crippen LogP contribution >= 0.6 is 11.6 Å². The molecule has 1 N–H and O–H groups in total. The monoisotopic (exact) mass is 410 g/mol. The summed E-state index contributed by atoms with van der Waals surface area (Å²) in [7, 11) is 0. The number of aryl methyl sites for hydroxylation is 2. The lowest BCUT2D eigenvalue weighted by molar-refractivity contribution is 0.260. The number of piperazine rings is 1. The molecule has 0 radical (unpaired) electrons. The average molecular weight is 411 g/mol. The van der Waals surface area contributed by atoms with Crippen LogP contribution in [0, 0.1) is 13.8 Å². The zero-order valence-corrected chi connectivity index (χ0v) is 17.7. The summed E-state index contributed by atoms with van der Waals surface area (Å²) < 4.78 is 1.52. The highest BCUT2D eigenvalue weighted by atomic mass is 35.5. The van der Waals surface area contributed by atoms with E-state index in [0.717, 1.165) is 50.5 Å². The highest BCUT2D eigenvalue weighted by Crippen LogP contribution is 2.20. The number of H-pyrrole nitrogens is 1. The number of hydrogen-bond donors (Lipinski definition) is 1. The predicted octanol–water partition coefficient (Wildman–Crippen LogP) is 3.80. The fraction of sp³-hybridized carbons (Fsp3) is 0.348. The maximum atomic E-state index is 12.5. The van der Waals surface area contributed by atoms with Crippen LogP contribution in [0.5, 0.6) is 0 Å². The molecule has 1 saturated heterocycles. The van der Waals surface area contributed by atoms with Gasteiger partial charge in [0.25, 0.3) is 5.56 Å². The molecule has 3 aromatic rings. The number of halogens is 1. The summed E-state index contributed by atoms with van der Waals surface area (Å²) in [5.74, 6) is 0. The van der Waals surface area contributed by atoms with Crippen molar-refractivity contribution in [1.82, 2.24) is 14.7 Å². The molecular formula is C23H27ClN4O. The first kappa shape index (κ1) is 19.8. The molecule has 152 valence electrons. The molecule has 1 fully saturated rings. The minimum atomic E-state index is -0.188. The van der Waals surface area contributed by atoms with Crippen molar-refractivity contribution in [2.75, 3.05) is 37.6 Å². The third-order valence-electron chi connectivity index (χ3n) is 5.82. The summed E-state index contributed by atoms with van der Waals surface area (Å²) in [5, 5.41) is 3.48. The third-order valence-corrected chi connectivity index (χ3v) is 6.21. The van der Waals surface area contributed by atoms with Crippen molar-refractivity contribution in [3.8, 4) is 5.69 Å². The standard InChI is InChI=1S/C23H27ClN4O/c1-17-8-9-20(16-18(17)2)27-14-12-26(13-15-27)11-10-21-22(24)23(29)28(25-21)19-6-4-3-5-7-19/h3-9,16,25H,10-15H2,1-2H3. The Bertz CT molecular complexity index is 1030. The summed E-state index contributed by atoms with van der Waals surface area (Å²) in [5.41, 5.74) is 5.39. The maximum absolute atomic E-state index is 12.5. The molecule has 0 amide bonds. The van der Waals surface area contributed by atoms with Crippen LogP contribution < -0.4 is 10.5 Å². The van der Waals surface area contributed by atoms with E-state index < -0.39 is 0 Å². The molecule has 0 unspecified atom stereocenters. The Kier molecular flexibility index (Phi) is 5.79. The Morgan fingerprint density at radius 3 is 2.34 bits per heavy atom. The molecule has 1 aliphatic rings. The molecule has 2 heterocycles. The molecule has 0 bridgehead atoms. The van der Waals surface area contributed by atoms with Crippen molar-refractivity contribution < 1.29 is 0 Å². The number of aromatic nitrogens is 2. The largest absolute Gasteiger partial charge is 0.369 e. The van der Waals surface area contributed by atoms with Crippen LogP contribution in [0.25, 0.3) is 5.69 Å². The van der Waals surface area contributed by atoms with Crippen LogP contribution in [-0.2, 0) is 6.42 Å². The third kappa shape index (κ3) is 4.26. The van der Waals surface area contributed by atoms with Gasteiger partial charge in [-0.15, -0.1) is 0 Å². The Morgan fingerprint density at radius 2 is 1.66 bits per heavy atom. The van der Waals surface area contributed by atoms with Crippen molar-refractivity contribution >= 4 is 17.3 Å². The van der Waals surface area contributed by atoms with Gasteiger partial charge in [0.1, 0.15) is 5.02 Å². The maximum Gasteiger partial charge on any atom is 0.290 e. The summed E-state index contributed by atoms with van der Waals surface area (Å²) in [6.45, 7) is 9.24. The number of aromatic amines is 1. The van der Waals surface area contributed by atoms with E-state index in [0.29, 0.717) is 5.02 Å². The fourth-order valence-electron chi connectivity index (χ4n) is 3.81. The Labute approximate surface area is 176 Å². The van der Waals surface area contributed by atoms with E-state index in [2.05, 4.69) is 46.9 Å². The number of hydrogen-bond acceptors (Lipinski definition) is 3. The highest BCUT2D eigenvalue weighted by molar-refractivity contribution is 6.31. The second kappa shape index (κ2) is 8.47. The van der Waals surface area contributed by atoms with Crippen molar-refractivity contribution in [1.29, 1.82) is 0 Å². The normalized spacial score (nSPS) is 15.1. The minimum Gasteiger partial charge on any atom is -0.369 e. The molecule has 0 saturated carbocycles. The molecule has 1 aliphatic heterocycles. The number of nitrogens with zero attached hydrogens (tertiary/aromatic N) is 3. The van der Waals surface area contributed by atoms with E-state index in [1.165, 1.54) is 21.5 Å². The quantitative estimate of drug-likeness (QED) is 0.695. The van der Waals surface area contributed by atoms with E-state index in [9.17, 15) is 4.79 Å². The SMILES string of the molecule is Cc1ccc(N2CCN(CCc3[nH]n(-c4ccccc4)c(=O)c3Cl)CC2)cc1C. The second-order valence-electron chi connectivity index (χ2n) is 7.73. The van der Waals surface area contributed by atoms with Crippen LogP contribution in [0.4, 0.5) is 5.69 Å². The van der Waals surface area contributed by atoms with Crippen molar-refractivity contribution in [3.63, 3.8) is 0 Å². The lowest BCUT2D eigenvalue weighted by atomic mass is 10.1. The first-order valence-corrected chi connectivity index (χ1v) is 10.5. The lowest BCUT2D eigenvalue weighted by Crippen LogP contribution is -2.47. The van der Waals surface area contributed by atoms with Gasteiger partial charge in [0, 0.05) is 44.8 Å². The molecule has 0 aliphatic carbocycles. The molecule has 4 rings (SSSR count). The summed E-state index contributed by atoms with van der Waals surface area (Å²) in [6.07, 6.45) is 0.734. The van der Waals surface area contributed by atoms with E-state index in [4.69, 9.17) is 11.6 Å². The molecule has 6 heteroatoms. The molecule has 0 atom stereocenters. The van der Waals surface area contributed by atoms with Gasteiger partial charge in [-0.3, -0.25) is 14.8 Å². The molecule has 5 nitrogen and oxygen atoms in total. The van der Waals surface area contributed by atoms with Gasteiger partial charge in [0.05, 0.1) is 11.4 Å². The summed E-state index contributed by atoms with van der Waals surface area (Å²) in [6, 6.07) is 16.2. The van der Waals surface area contributed by atoms with Crippen LogP contribution in [0.2, 0.25) is 5.02 Å². The molecule has 2 aromatic carbocycles. The topological polar surface area (TPSA) is 44.3 Å². The molecule has 1 aromatic heterocycles. The minimum absolute atomic E-state index is 0.188. The number of nitrogens with one attached hydrogen (secondary N) is 1. The Morgan fingerprint density at radius 1 is 0.931 bits per heavy atom. The smallest absolute Gasteiger partial charge is 0.290 e. The highest BCUT2D eigenvalue weighted by Gasteiger charge is 2.19. The fourth-order valence-corrected chi connectivity index (χ4v) is 4.03. The first-order valence-electron chi connectivity index (χ1n) is 10.1. The average Bonchev–Trinajstić information content (AvgIpc) is 3.04. The van der Waals surface area contributed by atoms with E-state index >= 15 is 0 Å². The number of para-hydroxylation sites is 1. The summed E-state index contributed by atoms with van der Waals surface area (Å²) >= 11 is 6.32. The van der Waals surface area contributed by atoms with Crippen LogP contribution in [0.1, 0.15) is 16.8 Å². The molecule has 29 heavy (non-hydrogen) atoms. The Hall–Kier alpha value is -2.50.